The Bertz CT molecular complexity index is 2130. The van der Waals surface area contributed by atoms with Gasteiger partial charge in [0.1, 0.15) is 0 Å². The van der Waals surface area contributed by atoms with E-state index >= 15 is 0 Å². The third-order valence-electron chi connectivity index (χ3n) is 11.3. The summed E-state index contributed by atoms with van der Waals surface area (Å²) in [4.78, 5) is 0. The summed E-state index contributed by atoms with van der Waals surface area (Å²) in [5.41, 5.74) is 17.5. The van der Waals surface area contributed by atoms with Gasteiger partial charge in [0, 0.05) is 0 Å². The SMILES string of the molecule is Cc1ccc(-c2cccc3c2C=C(c2ccccc2)[CH]3[Zr]([Cl])([Cl])([CH]2C(c3ccccc3)=Cc3c(-c4ccc(C)cc4)cccc32)[SiH](C)C)cc1. The van der Waals surface area contributed by atoms with Gasteiger partial charge in [-0.25, -0.2) is 0 Å². The first-order valence-electron chi connectivity index (χ1n) is 17.7. The van der Waals surface area contributed by atoms with Crippen molar-refractivity contribution in [1.29, 1.82) is 0 Å². The van der Waals surface area contributed by atoms with Gasteiger partial charge < -0.3 is 0 Å². The van der Waals surface area contributed by atoms with Crippen molar-refractivity contribution in [3.05, 3.63) is 190 Å². The predicted octanol–water partition coefficient (Wildman–Crippen LogP) is 13.5. The molecule has 4 heteroatoms. The van der Waals surface area contributed by atoms with E-state index in [4.69, 9.17) is 17.0 Å². The standard InChI is InChI=1S/2C22H17.C2H7Si.2ClH.Zr/c2*1-16-10-12-18(13-11-16)21-9-5-8-19-14-20(15-22(19)21)17-6-3-2-4-7-17;1-3-2;;;/h2*2-15H,1H3;3H,1-2H3;2*1H;/q;;;;;+2/p-2. The van der Waals surface area contributed by atoms with Crippen LogP contribution in [0.25, 0.3) is 45.6 Å². The van der Waals surface area contributed by atoms with Crippen molar-refractivity contribution in [3.63, 3.8) is 0 Å². The first-order chi connectivity index (χ1) is 24.1. The molecule has 0 heterocycles. The molecule has 0 saturated carbocycles. The Labute approximate surface area is 305 Å². The van der Waals surface area contributed by atoms with E-state index in [9.17, 15) is 0 Å². The normalized spacial score (nSPS) is 17.5. The van der Waals surface area contributed by atoms with Crippen LogP contribution in [0, 0.1) is 13.8 Å². The maximum atomic E-state index is 8.88. The zero-order valence-corrected chi connectivity index (χ0v) is 34.1. The summed E-state index contributed by atoms with van der Waals surface area (Å²) >= 11 is -5.13. The maximum absolute atomic E-state index is 8.88. The molecule has 6 aromatic carbocycles. The van der Waals surface area contributed by atoms with E-state index in [2.05, 4.69) is 185 Å². The average molecular weight is 784 g/mol. The van der Waals surface area contributed by atoms with Crippen LogP contribution in [0.5, 0.6) is 0 Å². The second-order valence-corrected chi connectivity index (χ2v) is 57.0. The fourth-order valence-corrected chi connectivity index (χ4v) is 38.7. The van der Waals surface area contributed by atoms with E-state index < -0.39 is 21.5 Å². The molecule has 0 aliphatic heterocycles. The van der Waals surface area contributed by atoms with Crippen molar-refractivity contribution in [3.8, 4) is 22.3 Å². The molecule has 0 N–H and O–H groups in total. The first kappa shape index (κ1) is 33.6. The van der Waals surface area contributed by atoms with Crippen LogP contribution in [-0.2, 0) is 15.6 Å². The molecule has 50 heavy (non-hydrogen) atoms. The topological polar surface area (TPSA) is 0 Å². The number of benzene rings is 6. The van der Waals surface area contributed by atoms with Crippen LogP contribution < -0.4 is 0 Å². The number of rotatable bonds is 7. The van der Waals surface area contributed by atoms with E-state index in [1.807, 2.05) is 0 Å². The molecule has 0 spiro atoms. The van der Waals surface area contributed by atoms with Gasteiger partial charge in [0.05, 0.1) is 0 Å². The van der Waals surface area contributed by atoms with Crippen LogP contribution >= 0.6 is 17.0 Å². The molecule has 0 nitrogen and oxygen atoms in total. The van der Waals surface area contributed by atoms with E-state index in [1.54, 1.807) is 0 Å². The molecule has 6 aromatic rings. The van der Waals surface area contributed by atoms with Gasteiger partial charge in [0.2, 0.25) is 0 Å². The summed E-state index contributed by atoms with van der Waals surface area (Å²) in [7, 11) is 17.8. The van der Waals surface area contributed by atoms with Crippen LogP contribution in [-0.4, -0.2) is 5.92 Å². The van der Waals surface area contributed by atoms with Crippen molar-refractivity contribution >= 4 is 46.2 Å². The Balaban J connectivity index is 1.42. The summed E-state index contributed by atoms with van der Waals surface area (Å²) in [6, 6.07) is 53.2. The summed E-state index contributed by atoms with van der Waals surface area (Å²) in [6.07, 6.45) is 4.87. The Morgan fingerprint density at radius 1 is 0.440 bits per heavy atom. The molecule has 0 saturated heterocycles. The van der Waals surface area contributed by atoms with E-state index in [0.717, 1.165) is 0 Å². The third kappa shape index (κ3) is 5.43. The zero-order valence-electron chi connectivity index (χ0n) is 29.0. The molecule has 2 unspecified atom stereocenters. The van der Waals surface area contributed by atoms with Gasteiger partial charge in [-0.05, 0) is 0 Å². The number of hydrogen-bond acceptors (Lipinski definition) is 0. The zero-order chi connectivity index (χ0) is 34.6. The molecule has 2 aliphatic rings. The number of aryl methyl sites for hydroxylation is 2. The Morgan fingerprint density at radius 3 is 1.18 bits per heavy atom. The van der Waals surface area contributed by atoms with Crippen molar-refractivity contribution in [1.82, 2.24) is 0 Å². The number of halogens is 2. The second kappa shape index (κ2) is 12.9. The fraction of sp³-hybridized carbons (Fsp3) is 0.130. The summed E-state index contributed by atoms with van der Waals surface area (Å²) in [5, 5.41) is 0. The van der Waals surface area contributed by atoms with Gasteiger partial charge in [-0.1, -0.05) is 0 Å². The number of allylic oxidation sites excluding steroid dienone is 2. The number of fused-ring (bicyclic) bond motifs is 2. The minimum atomic E-state index is -5.13. The van der Waals surface area contributed by atoms with Gasteiger partial charge in [-0.2, -0.15) is 0 Å². The van der Waals surface area contributed by atoms with Crippen LogP contribution in [0.4, 0.5) is 0 Å². The van der Waals surface area contributed by atoms with E-state index in [-0.39, 0.29) is 7.25 Å². The Kier molecular flexibility index (Phi) is 8.68. The van der Waals surface area contributed by atoms with Gasteiger partial charge in [-0.3, -0.25) is 0 Å². The monoisotopic (exact) mass is 781 g/mol. The van der Waals surface area contributed by atoms with Crippen molar-refractivity contribution < 1.29 is 15.6 Å². The van der Waals surface area contributed by atoms with Gasteiger partial charge in [0.15, 0.2) is 0 Å². The van der Waals surface area contributed by atoms with Gasteiger partial charge >= 0.3 is 308 Å². The molecule has 0 amide bonds. The molecular weight excluding hydrogens is 743 g/mol. The Hall–Kier alpha value is -3.52. The summed E-state index contributed by atoms with van der Waals surface area (Å²) in [5.74, 6) is -1.80. The first-order valence-corrected chi connectivity index (χ1v) is 34.0. The van der Waals surface area contributed by atoms with Crippen LogP contribution in [0.2, 0.25) is 13.1 Å². The molecular formula is C46H41Cl2SiZr. The van der Waals surface area contributed by atoms with Crippen LogP contribution in [0.15, 0.2) is 146 Å². The van der Waals surface area contributed by atoms with Gasteiger partial charge in [0.25, 0.3) is 0 Å². The fourth-order valence-electron chi connectivity index (χ4n) is 8.56. The summed E-state index contributed by atoms with van der Waals surface area (Å²) in [6.45, 7) is 9.15. The molecule has 247 valence electrons. The number of hydrogen-bond donors (Lipinski definition) is 0. The van der Waals surface area contributed by atoms with Crippen molar-refractivity contribution in [2.45, 2.75) is 34.2 Å². The molecule has 2 atom stereocenters. The van der Waals surface area contributed by atoms with Crippen LogP contribution in [0.3, 0.4) is 0 Å². The second-order valence-electron chi connectivity index (χ2n) is 14.5. The van der Waals surface area contributed by atoms with Crippen LogP contribution in [0.1, 0.15) is 51.8 Å². The Morgan fingerprint density at radius 2 is 0.820 bits per heavy atom. The summed E-state index contributed by atoms with van der Waals surface area (Å²) < 4.78 is -0.138. The molecule has 0 bridgehead atoms. The van der Waals surface area contributed by atoms with Crippen molar-refractivity contribution in [2.75, 3.05) is 0 Å². The molecule has 0 fully saturated rings. The third-order valence-corrected chi connectivity index (χ3v) is 62.8. The molecule has 8 rings (SSSR count). The molecule has 2 aliphatic carbocycles. The molecule has 0 aromatic heterocycles. The predicted molar refractivity (Wildman–Crippen MR) is 218 cm³/mol. The molecule has 0 radical (unpaired) electrons. The van der Waals surface area contributed by atoms with Crippen molar-refractivity contribution in [2.24, 2.45) is 0 Å². The average Bonchev–Trinajstić information content (AvgIpc) is 3.74. The quantitative estimate of drug-likeness (QED) is 0.142. The van der Waals surface area contributed by atoms with E-state index in [0.29, 0.717) is 0 Å². The van der Waals surface area contributed by atoms with E-state index in [1.165, 1.54) is 77.9 Å². The van der Waals surface area contributed by atoms with Gasteiger partial charge in [-0.15, -0.1) is 0 Å². The minimum absolute atomic E-state index is 0.0691.